The number of likely N-dealkylation sites (N-methyl/N-ethyl adjacent to an activating group) is 1. The molecule has 0 radical (unpaired) electrons. The molecule has 12 heteroatoms. The lowest BCUT2D eigenvalue weighted by atomic mass is 9.87. The van der Waals surface area contributed by atoms with E-state index in [1.165, 1.54) is 19.2 Å². The number of ether oxygens (including phenoxy) is 2. The molecule has 2 N–H and O–H groups in total. The Hall–Kier alpha value is -4.97. The van der Waals surface area contributed by atoms with Gasteiger partial charge in [0.15, 0.2) is 6.61 Å². The molecule has 0 saturated heterocycles. The lowest BCUT2D eigenvalue weighted by molar-refractivity contribution is -0.122. The quantitative estimate of drug-likeness (QED) is 0.262. The lowest BCUT2D eigenvalue weighted by Crippen LogP contribution is -2.45. The van der Waals surface area contributed by atoms with E-state index < -0.39 is 16.1 Å². The van der Waals surface area contributed by atoms with E-state index in [1.54, 1.807) is 35.2 Å². The number of nitrogens with zero attached hydrogens (tertiary/aromatic N) is 3. The van der Waals surface area contributed by atoms with Crippen molar-refractivity contribution in [2.45, 2.75) is 58.5 Å². The van der Waals surface area contributed by atoms with Gasteiger partial charge in [-0.25, -0.2) is 18.1 Å². The molecule has 1 aliphatic heterocycles. The number of hydrogen-bond acceptors (Lipinski definition) is 8. The number of fused-ring (bicyclic) bond motifs is 4. The fourth-order valence-corrected chi connectivity index (χ4v) is 6.64. The SMILES string of the molecule is CNC(=O)COc1ccc(CN2C(=O)c3cccc(c3)S(=O)(=O)Nc3nc(cc(-c4c(C)cccc4C)n3)OC[C@H]2CC(C)(C)C)cc1. The summed E-state index contributed by atoms with van der Waals surface area (Å²) >= 11 is 0. The predicted octanol–water partition coefficient (Wildman–Crippen LogP) is 5.53. The summed E-state index contributed by atoms with van der Waals surface area (Å²) in [7, 11) is -2.64. The van der Waals surface area contributed by atoms with E-state index in [4.69, 9.17) is 9.47 Å². The summed E-state index contributed by atoms with van der Waals surface area (Å²) in [5.41, 5.74) is 4.11. The van der Waals surface area contributed by atoms with Crippen LogP contribution in [-0.2, 0) is 21.4 Å². The maximum absolute atomic E-state index is 14.4. The smallest absolute Gasteiger partial charge is 0.264 e. The first-order chi connectivity index (χ1) is 22.7. The summed E-state index contributed by atoms with van der Waals surface area (Å²) in [6, 6.07) is 20.3. The van der Waals surface area contributed by atoms with Crippen LogP contribution in [0.25, 0.3) is 11.3 Å². The molecule has 2 heterocycles. The van der Waals surface area contributed by atoms with E-state index in [1.807, 2.05) is 44.2 Å². The number of amides is 2. The fraction of sp³-hybridized carbons (Fsp3) is 0.333. The minimum absolute atomic E-state index is 0.0887. The highest BCUT2D eigenvalue weighted by molar-refractivity contribution is 7.92. The predicted molar refractivity (Wildman–Crippen MR) is 183 cm³/mol. The fourth-order valence-electron chi connectivity index (χ4n) is 5.66. The summed E-state index contributed by atoms with van der Waals surface area (Å²) in [6.07, 6.45) is 0.573. The van der Waals surface area contributed by atoms with Crippen molar-refractivity contribution in [3.05, 3.63) is 95.1 Å². The summed E-state index contributed by atoms with van der Waals surface area (Å²) in [5, 5.41) is 2.52. The van der Waals surface area contributed by atoms with Gasteiger partial charge in [-0.2, -0.15) is 4.98 Å². The van der Waals surface area contributed by atoms with E-state index in [0.29, 0.717) is 17.9 Å². The van der Waals surface area contributed by atoms with Crippen LogP contribution in [0.1, 0.15) is 54.2 Å². The van der Waals surface area contributed by atoms with Crippen LogP contribution < -0.4 is 19.5 Å². The lowest BCUT2D eigenvalue weighted by Gasteiger charge is -2.36. The molecular weight excluding hydrogens is 630 g/mol. The number of rotatable bonds is 7. The van der Waals surface area contributed by atoms with Crippen LogP contribution in [0.4, 0.5) is 5.95 Å². The number of carbonyl (C=O) groups excluding carboxylic acids is 2. The number of hydrogen-bond donors (Lipinski definition) is 2. The molecule has 1 aromatic heterocycles. The van der Waals surface area contributed by atoms with Crippen LogP contribution >= 0.6 is 0 Å². The van der Waals surface area contributed by atoms with Crippen LogP contribution in [0.5, 0.6) is 11.6 Å². The van der Waals surface area contributed by atoms with Crippen molar-refractivity contribution in [2.24, 2.45) is 5.41 Å². The highest BCUT2D eigenvalue weighted by Crippen LogP contribution is 2.32. The van der Waals surface area contributed by atoms with Crippen molar-refractivity contribution in [1.29, 1.82) is 0 Å². The number of nitrogens with one attached hydrogen (secondary N) is 2. The molecule has 4 aromatic rings. The standard InChI is InChI=1S/C36H41N5O6S/c1-23-9-7-10-24(2)33(23)30-18-32-39-35(38-30)40-48(44,45)29-12-8-11-26(17-29)34(43)41(27(21-47-32)19-36(3,4)5)20-25-13-15-28(16-14-25)46-22-31(42)37-6/h7-18,27H,19-22H2,1-6H3,(H,37,42)(H,38,39,40)/t27-/m1/s1. The van der Waals surface area contributed by atoms with Crippen molar-refractivity contribution in [1.82, 2.24) is 20.2 Å². The van der Waals surface area contributed by atoms with Gasteiger partial charge < -0.3 is 19.7 Å². The number of aryl methyl sites for hydroxylation is 2. The first-order valence-electron chi connectivity index (χ1n) is 15.7. The molecule has 5 rings (SSSR count). The second-order valence-corrected chi connectivity index (χ2v) is 14.8. The highest BCUT2D eigenvalue weighted by Gasteiger charge is 2.31. The molecule has 3 aromatic carbocycles. The molecule has 48 heavy (non-hydrogen) atoms. The molecule has 4 bridgehead atoms. The van der Waals surface area contributed by atoms with Gasteiger partial charge in [-0.1, -0.05) is 57.2 Å². The zero-order valence-corrected chi connectivity index (χ0v) is 28.8. The summed E-state index contributed by atoms with van der Waals surface area (Å²) in [4.78, 5) is 36.7. The van der Waals surface area contributed by atoms with Gasteiger partial charge in [-0.3, -0.25) is 9.59 Å². The van der Waals surface area contributed by atoms with Gasteiger partial charge in [0.2, 0.25) is 11.8 Å². The van der Waals surface area contributed by atoms with Gasteiger partial charge in [0.25, 0.3) is 21.8 Å². The molecule has 2 amide bonds. The third-order valence-electron chi connectivity index (χ3n) is 7.96. The van der Waals surface area contributed by atoms with E-state index >= 15 is 0 Å². The van der Waals surface area contributed by atoms with Crippen LogP contribution in [0.3, 0.4) is 0 Å². The maximum Gasteiger partial charge on any atom is 0.264 e. The topological polar surface area (TPSA) is 140 Å². The third kappa shape index (κ3) is 8.29. The zero-order chi connectivity index (χ0) is 34.6. The maximum atomic E-state index is 14.4. The Kier molecular flexibility index (Phi) is 10.0. The highest BCUT2D eigenvalue weighted by atomic mass is 32.2. The molecule has 1 aliphatic rings. The largest absolute Gasteiger partial charge is 0.484 e. The van der Waals surface area contributed by atoms with Gasteiger partial charge in [-0.15, -0.1) is 0 Å². The van der Waals surface area contributed by atoms with Crippen LogP contribution in [0.2, 0.25) is 0 Å². The van der Waals surface area contributed by atoms with Gasteiger partial charge in [-0.05, 0) is 72.7 Å². The van der Waals surface area contributed by atoms with Crippen molar-refractivity contribution >= 4 is 27.8 Å². The van der Waals surface area contributed by atoms with E-state index in [0.717, 1.165) is 22.3 Å². The minimum Gasteiger partial charge on any atom is -0.484 e. The average molecular weight is 672 g/mol. The molecule has 11 nitrogen and oxygen atoms in total. The summed E-state index contributed by atoms with van der Waals surface area (Å²) in [5.74, 6) is -0.0449. The minimum atomic E-state index is -4.18. The molecule has 1 atom stereocenters. The third-order valence-corrected chi connectivity index (χ3v) is 9.28. The first-order valence-corrected chi connectivity index (χ1v) is 17.2. The molecule has 0 spiro atoms. The van der Waals surface area contributed by atoms with Gasteiger partial charge in [0, 0.05) is 30.8 Å². The van der Waals surface area contributed by atoms with Crippen molar-refractivity contribution in [3.8, 4) is 22.9 Å². The van der Waals surface area contributed by atoms with Crippen LogP contribution in [-0.4, -0.2) is 61.4 Å². The van der Waals surface area contributed by atoms with Crippen LogP contribution in [0.15, 0.2) is 77.7 Å². The number of aromatic nitrogens is 2. The number of benzene rings is 3. The Balaban J connectivity index is 1.60. The second-order valence-electron chi connectivity index (χ2n) is 13.1. The van der Waals surface area contributed by atoms with Crippen LogP contribution in [0, 0.1) is 19.3 Å². The molecular formula is C36H41N5O6S. The van der Waals surface area contributed by atoms with E-state index in [2.05, 4.69) is 40.8 Å². The molecule has 0 unspecified atom stereocenters. The normalized spacial score (nSPS) is 16.0. The number of carbonyl (C=O) groups is 2. The Morgan fingerprint density at radius 1 is 1.02 bits per heavy atom. The number of sulfonamides is 1. The Bertz CT molecular complexity index is 1900. The summed E-state index contributed by atoms with van der Waals surface area (Å²) in [6.45, 7) is 10.4. The molecule has 0 aliphatic carbocycles. The average Bonchev–Trinajstić information content (AvgIpc) is 3.03. The van der Waals surface area contributed by atoms with Gasteiger partial charge in [0.05, 0.1) is 16.6 Å². The van der Waals surface area contributed by atoms with Crippen molar-refractivity contribution in [2.75, 3.05) is 25.0 Å². The first kappa shape index (κ1) is 34.4. The molecule has 252 valence electrons. The van der Waals surface area contributed by atoms with Gasteiger partial charge >= 0.3 is 0 Å². The zero-order valence-electron chi connectivity index (χ0n) is 28.0. The molecule has 0 saturated carbocycles. The molecule has 0 fully saturated rings. The Morgan fingerprint density at radius 2 is 1.71 bits per heavy atom. The number of anilines is 1. The van der Waals surface area contributed by atoms with Crippen molar-refractivity contribution < 1.29 is 27.5 Å². The van der Waals surface area contributed by atoms with Gasteiger partial charge in [0.1, 0.15) is 12.4 Å². The van der Waals surface area contributed by atoms with Crippen molar-refractivity contribution in [3.63, 3.8) is 0 Å². The monoisotopic (exact) mass is 671 g/mol. The second kappa shape index (κ2) is 14.0. The van der Waals surface area contributed by atoms with E-state index in [-0.39, 0.29) is 59.3 Å². The van der Waals surface area contributed by atoms with E-state index in [9.17, 15) is 18.0 Å². The Morgan fingerprint density at radius 3 is 2.38 bits per heavy atom. The Labute approximate surface area is 281 Å². The summed E-state index contributed by atoms with van der Waals surface area (Å²) < 4.78 is 41.7.